The molecular formula is C16H25F3N5O2S+. The number of nitrogens with zero attached hydrogens (tertiary/aromatic N) is 2. The van der Waals surface area contributed by atoms with Gasteiger partial charge in [-0.25, -0.2) is 0 Å². The Balaban J connectivity index is 0.000000445. The first-order chi connectivity index (χ1) is 12.7. The number of alkyl halides is 3. The van der Waals surface area contributed by atoms with Gasteiger partial charge in [0.05, 0.1) is 37.1 Å². The number of hydrazone groups is 1. The smallest absolute Gasteiger partial charge is 0.336 e. The van der Waals surface area contributed by atoms with Crippen LogP contribution in [0.5, 0.6) is 0 Å². The van der Waals surface area contributed by atoms with Crippen molar-refractivity contribution in [2.75, 3.05) is 24.4 Å². The minimum Gasteiger partial charge on any atom is -0.336 e. The minimum atomic E-state index is -4.67. The maximum Gasteiger partial charge on any atom is 0.418 e. The van der Waals surface area contributed by atoms with Crippen molar-refractivity contribution in [1.82, 2.24) is 9.95 Å². The number of benzene rings is 1. The Morgan fingerprint density at radius 3 is 2.19 bits per heavy atom. The first-order valence-electron chi connectivity index (χ1n) is 8.43. The monoisotopic (exact) mass is 408 g/mol. The number of rotatable bonds is 6. The fraction of sp³-hybridized carbons (Fsp3) is 0.438. The van der Waals surface area contributed by atoms with Gasteiger partial charge in [-0.2, -0.15) is 21.6 Å². The van der Waals surface area contributed by atoms with Crippen LogP contribution in [-0.4, -0.2) is 38.8 Å². The van der Waals surface area contributed by atoms with Crippen molar-refractivity contribution in [2.24, 2.45) is 5.10 Å². The summed E-state index contributed by atoms with van der Waals surface area (Å²) in [5, 5.41) is 3.47. The molecule has 0 spiro atoms. The summed E-state index contributed by atoms with van der Waals surface area (Å²) in [4.78, 5) is 1.68. The summed E-state index contributed by atoms with van der Waals surface area (Å²) in [5.74, 6) is 0. The maximum absolute atomic E-state index is 12.8. The Morgan fingerprint density at radius 1 is 1.15 bits per heavy atom. The second-order valence-electron chi connectivity index (χ2n) is 5.46. The van der Waals surface area contributed by atoms with Crippen LogP contribution in [0.15, 0.2) is 41.6 Å². The third-order valence-corrected chi connectivity index (χ3v) is 4.87. The van der Waals surface area contributed by atoms with Crippen molar-refractivity contribution in [2.45, 2.75) is 26.9 Å². The van der Waals surface area contributed by atoms with E-state index in [1.165, 1.54) is 50.3 Å². The number of hydrazine groups is 1. The zero-order valence-electron chi connectivity index (χ0n) is 15.4. The largest absolute Gasteiger partial charge is 0.418 e. The normalized spacial score (nSPS) is 13.8. The average Bonchev–Trinajstić information content (AvgIpc) is 2.64. The summed E-state index contributed by atoms with van der Waals surface area (Å²) in [6, 6.07) is 4.26. The fourth-order valence-corrected chi connectivity index (χ4v) is 3.09. The molecule has 0 amide bonds. The molecule has 27 heavy (non-hydrogen) atoms. The van der Waals surface area contributed by atoms with E-state index in [1.807, 2.05) is 4.72 Å². The summed E-state index contributed by atoms with van der Waals surface area (Å²) in [6.45, 7) is 10.5. The SMILES string of the molecule is CC[NH+](CC)CC.O=S(=O)(Nc1ccccc1C(F)(F)F)N1N=CC=CN1. The lowest BCUT2D eigenvalue weighted by Crippen LogP contribution is -3.11. The first-order valence-corrected chi connectivity index (χ1v) is 9.87. The summed E-state index contributed by atoms with van der Waals surface area (Å²) >= 11 is 0. The van der Waals surface area contributed by atoms with Crippen LogP contribution in [-0.2, 0) is 16.4 Å². The number of hydrogen-bond acceptors (Lipinski definition) is 4. The molecule has 1 aromatic rings. The highest BCUT2D eigenvalue weighted by molar-refractivity contribution is 7.90. The molecule has 7 nitrogen and oxygen atoms in total. The molecule has 2 rings (SSSR count). The van der Waals surface area contributed by atoms with Crippen LogP contribution in [0.1, 0.15) is 26.3 Å². The van der Waals surface area contributed by atoms with Crippen molar-refractivity contribution in [3.8, 4) is 0 Å². The lowest BCUT2D eigenvalue weighted by Gasteiger charge is -2.21. The van der Waals surface area contributed by atoms with Crippen LogP contribution >= 0.6 is 0 Å². The van der Waals surface area contributed by atoms with E-state index in [-0.39, 0.29) is 0 Å². The van der Waals surface area contributed by atoms with Gasteiger partial charge in [0.2, 0.25) is 0 Å². The van der Waals surface area contributed by atoms with Gasteiger partial charge < -0.3 is 4.90 Å². The van der Waals surface area contributed by atoms with E-state index in [2.05, 4.69) is 31.3 Å². The van der Waals surface area contributed by atoms with Crippen molar-refractivity contribution in [3.63, 3.8) is 0 Å². The topological polar surface area (TPSA) is 78.2 Å². The predicted octanol–water partition coefficient (Wildman–Crippen LogP) is 1.61. The van der Waals surface area contributed by atoms with E-state index in [0.717, 1.165) is 12.1 Å². The van der Waals surface area contributed by atoms with Gasteiger partial charge in [-0.05, 0) is 39.0 Å². The van der Waals surface area contributed by atoms with Crippen LogP contribution in [0.25, 0.3) is 0 Å². The molecule has 0 aliphatic carbocycles. The molecule has 1 aliphatic rings. The Kier molecular flexibility index (Phi) is 8.57. The molecule has 0 radical (unpaired) electrons. The van der Waals surface area contributed by atoms with Gasteiger partial charge in [0, 0.05) is 6.20 Å². The van der Waals surface area contributed by atoms with Crippen LogP contribution < -0.4 is 15.0 Å². The fourth-order valence-electron chi connectivity index (χ4n) is 2.17. The van der Waals surface area contributed by atoms with Crippen LogP contribution in [0.2, 0.25) is 0 Å². The summed E-state index contributed by atoms with van der Waals surface area (Å²) in [5.41, 5.74) is 0.600. The molecule has 0 fully saturated rings. The molecule has 11 heteroatoms. The van der Waals surface area contributed by atoms with E-state index in [1.54, 1.807) is 4.90 Å². The van der Waals surface area contributed by atoms with Gasteiger partial charge in [-0.15, -0.1) is 5.10 Å². The molecule has 1 aromatic carbocycles. The molecule has 0 bridgehead atoms. The van der Waals surface area contributed by atoms with Crippen molar-refractivity contribution in [1.29, 1.82) is 0 Å². The molecule has 0 saturated carbocycles. The Bertz CT molecular complexity index is 741. The van der Waals surface area contributed by atoms with Gasteiger partial charge in [-0.1, -0.05) is 16.7 Å². The van der Waals surface area contributed by atoms with Gasteiger partial charge in [0.1, 0.15) is 0 Å². The molecular weight excluding hydrogens is 383 g/mol. The standard InChI is InChI=1S/C10H9F3N4O2S.C6H15N/c11-10(12,13)8-4-1-2-5-9(8)16-20(18,19)17-14-6-3-7-15-17;1-4-7(5-2)6-3/h1-7,14,16H;4-6H2,1-3H3/p+1. The summed E-state index contributed by atoms with van der Waals surface area (Å²) < 4.78 is 64.3. The molecule has 0 unspecified atom stereocenters. The van der Waals surface area contributed by atoms with Crippen molar-refractivity contribution >= 4 is 22.1 Å². The number of anilines is 1. The zero-order valence-corrected chi connectivity index (χ0v) is 16.2. The number of hydrogen-bond donors (Lipinski definition) is 3. The van der Waals surface area contributed by atoms with E-state index in [0.29, 0.717) is 4.52 Å². The first kappa shape index (κ1) is 22.8. The number of halogens is 3. The zero-order chi connectivity index (χ0) is 20.5. The number of para-hydroxylation sites is 1. The Hall–Kier alpha value is -2.27. The third kappa shape index (κ3) is 7.10. The second kappa shape index (κ2) is 10.2. The molecule has 0 atom stereocenters. The highest BCUT2D eigenvalue weighted by Gasteiger charge is 2.35. The van der Waals surface area contributed by atoms with E-state index in [9.17, 15) is 21.6 Å². The van der Waals surface area contributed by atoms with Crippen LogP contribution in [0.3, 0.4) is 0 Å². The average molecular weight is 408 g/mol. The van der Waals surface area contributed by atoms with Crippen LogP contribution in [0.4, 0.5) is 18.9 Å². The summed E-state index contributed by atoms with van der Waals surface area (Å²) in [7, 11) is -4.30. The highest BCUT2D eigenvalue weighted by Crippen LogP contribution is 2.35. The van der Waals surface area contributed by atoms with Crippen molar-refractivity contribution < 1.29 is 26.5 Å². The van der Waals surface area contributed by atoms with Crippen LogP contribution in [0, 0.1) is 0 Å². The van der Waals surface area contributed by atoms with E-state index >= 15 is 0 Å². The molecule has 3 N–H and O–H groups in total. The molecule has 1 heterocycles. The lowest BCUT2D eigenvalue weighted by atomic mass is 10.2. The number of allylic oxidation sites excluding steroid dienone is 1. The van der Waals surface area contributed by atoms with E-state index in [4.69, 9.17) is 0 Å². The number of nitrogens with one attached hydrogen (secondary N) is 3. The Labute approximate surface area is 157 Å². The maximum atomic E-state index is 12.8. The third-order valence-electron chi connectivity index (χ3n) is 3.74. The molecule has 0 saturated heterocycles. The quantitative estimate of drug-likeness (QED) is 0.669. The highest BCUT2D eigenvalue weighted by atomic mass is 32.2. The van der Waals surface area contributed by atoms with E-state index < -0.39 is 27.6 Å². The molecule has 152 valence electrons. The number of quaternary nitrogens is 1. The predicted molar refractivity (Wildman–Crippen MR) is 99.2 cm³/mol. The second-order valence-corrected chi connectivity index (χ2v) is 6.96. The lowest BCUT2D eigenvalue weighted by molar-refractivity contribution is -0.894. The van der Waals surface area contributed by atoms with Gasteiger partial charge >= 0.3 is 16.4 Å². The minimum absolute atomic E-state index is 0.417. The summed E-state index contributed by atoms with van der Waals surface area (Å²) in [6.07, 6.45) is -0.805. The van der Waals surface area contributed by atoms with Gasteiger partial charge in [0.15, 0.2) is 0 Å². The van der Waals surface area contributed by atoms with Gasteiger partial charge in [-0.3, -0.25) is 10.1 Å². The Morgan fingerprint density at radius 2 is 1.74 bits per heavy atom. The molecule has 0 aromatic heterocycles. The molecule has 1 aliphatic heterocycles. The van der Waals surface area contributed by atoms with Crippen molar-refractivity contribution in [3.05, 3.63) is 42.1 Å². The van der Waals surface area contributed by atoms with Gasteiger partial charge in [0.25, 0.3) is 0 Å².